The van der Waals surface area contributed by atoms with Crippen molar-refractivity contribution < 1.29 is 14.7 Å². The normalized spacial score (nSPS) is 22.4. The van der Waals surface area contributed by atoms with E-state index >= 15 is 0 Å². The Morgan fingerprint density at radius 3 is 2.36 bits per heavy atom. The first kappa shape index (κ1) is 15.7. The molecule has 0 radical (unpaired) electrons. The number of nitrogens with zero attached hydrogens (tertiary/aromatic N) is 1. The molecule has 25 heavy (non-hydrogen) atoms. The summed E-state index contributed by atoms with van der Waals surface area (Å²) in [4.78, 5) is 26.1. The van der Waals surface area contributed by atoms with Crippen LogP contribution in [0, 0.1) is 5.92 Å². The lowest BCUT2D eigenvalue weighted by molar-refractivity contribution is -0.119. The molecule has 2 aliphatic heterocycles. The molecule has 5 heteroatoms. The lowest BCUT2D eigenvalue weighted by atomic mass is 9.92. The van der Waals surface area contributed by atoms with Crippen molar-refractivity contribution in [2.75, 3.05) is 13.1 Å². The highest BCUT2D eigenvalue weighted by molar-refractivity contribution is 5.95. The lowest BCUT2D eigenvalue weighted by Crippen LogP contribution is -2.47. The van der Waals surface area contributed by atoms with Gasteiger partial charge in [-0.25, -0.2) is 0 Å². The van der Waals surface area contributed by atoms with Gasteiger partial charge in [0.25, 0.3) is 5.91 Å². The molecule has 0 aromatic heterocycles. The van der Waals surface area contributed by atoms with E-state index in [0.29, 0.717) is 25.1 Å². The third-order valence-corrected chi connectivity index (χ3v) is 5.15. The van der Waals surface area contributed by atoms with E-state index < -0.39 is 0 Å². The lowest BCUT2D eigenvalue weighted by Gasteiger charge is -2.34. The average Bonchev–Trinajstić information content (AvgIpc) is 3.01. The number of amides is 2. The highest BCUT2D eigenvalue weighted by Crippen LogP contribution is 2.27. The van der Waals surface area contributed by atoms with Crippen molar-refractivity contribution in [3.05, 3.63) is 54.1 Å². The van der Waals surface area contributed by atoms with Gasteiger partial charge >= 0.3 is 0 Å². The van der Waals surface area contributed by atoms with Gasteiger partial charge in [0.2, 0.25) is 5.91 Å². The first-order chi connectivity index (χ1) is 12.1. The number of rotatable bonds is 2. The zero-order chi connectivity index (χ0) is 17.4. The summed E-state index contributed by atoms with van der Waals surface area (Å²) in [6, 6.07) is 14.8. The van der Waals surface area contributed by atoms with Gasteiger partial charge in [0.15, 0.2) is 0 Å². The standard InChI is InChI=1S/C20H20N2O3/c23-17-7-5-14(6-8-17)13-1-3-15(4-2-13)20(25)22-10-9-18-16(12-22)11-19(24)21-18/h1-8,16,18,23H,9-12H2,(H,21,24)/t16-,18+/m1/s1. The predicted molar refractivity (Wildman–Crippen MR) is 94.1 cm³/mol. The van der Waals surface area contributed by atoms with Crippen LogP contribution in [-0.4, -0.2) is 41.0 Å². The molecule has 2 amide bonds. The fourth-order valence-corrected chi connectivity index (χ4v) is 3.76. The molecule has 2 aliphatic rings. The second-order valence-corrected chi connectivity index (χ2v) is 6.80. The van der Waals surface area contributed by atoms with Crippen LogP contribution in [-0.2, 0) is 4.79 Å². The molecule has 2 aromatic rings. The van der Waals surface area contributed by atoms with Crippen molar-refractivity contribution in [3.63, 3.8) is 0 Å². The molecule has 128 valence electrons. The van der Waals surface area contributed by atoms with Crippen LogP contribution >= 0.6 is 0 Å². The maximum absolute atomic E-state index is 12.7. The SMILES string of the molecule is O=C1C[C@@H]2CN(C(=O)c3ccc(-c4ccc(O)cc4)cc3)CC[C@@H]2N1. The topological polar surface area (TPSA) is 69.6 Å². The molecular formula is C20H20N2O3. The minimum Gasteiger partial charge on any atom is -0.508 e. The Labute approximate surface area is 146 Å². The molecule has 0 unspecified atom stereocenters. The molecule has 5 nitrogen and oxygen atoms in total. The van der Waals surface area contributed by atoms with E-state index in [-0.39, 0.29) is 29.5 Å². The Morgan fingerprint density at radius 2 is 1.68 bits per heavy atom. The van der Waals surface area contributed by atoms with Crippen molar-refractivity contribution in [3.8, 4) is 16.9 Å². The summed E-state index contributed by atoms with van der Waals surface area (Å²) in [5.74, 6) is 0.595. The molecule has 0 spiro atoms. The van der Waals surface area contributed by atoms with Crippen molar-refractivity contribution in [1.29, 1.82) is 0 Å². The monoisotopic (exact) mass is 336 g/mol. The Kier molecular flexibility index (Phi) is 3.92. The minimum absolute atomic E-state index is 0.0232. The van der Waals surface area contributed by atoms with Gasteiger partial charge < -0.3 is 15.3 Å². The number of hydrogen-bond acceptors (Lipinski definition) is 3. The summed E-state index contributed by atoms with van der Waals surface area (Å²) in [5, 5.41) is 12.4. The molecule has 4 rings (SSSR count). The van der Waals surface area contributed by atoms with Crippen molar-refractivity contribution in [2.45, 2.75) is 18.9 Å². The number of likely N-dealkylation sites (tertiary alicyclic amines) is 1. The zero-order valence-electron chi connectivity index (χ0n) is 13.8. The Bertz CT molecular complexity index is 799. The van der Waals surface area contributed by atoms with Crippen LogP contribution in [0.5, 0.6) is 5.75 Å². The van der Waals surface area contributed by atoms with Gasteiger partial charge in [-0.05, 0) is 41.8 Å². The van der Waals surface area contributed by atoms with E-state index in [1.807, 2.05) is 41.3 Å². The number of hydrogen-bond donors (Lipinski definition) is 2. The molecule has 2 N–H and O–H groups in total. The molecule has 2 fully saturated rings. The van der Waals surface area contributed by atoms with Gasteiger partial charge in [0.1, 0.15) is 5.75 Å². The summed E-state index contributed by atoms with van der Waals surface area (Å²) in [7, 11) is 0. The van der Waals surface area contributed by atoms with E-state index in [9.17, 15) is 14.7 Å². The van der Waals surface area contributed by atoms with Gasteiger partial charge in [-0.1, -0.05) is 24.3 Å². The molecule has 2 aromatic carbocycles. The van der Waals surface area contributed by atoms with Crippen LogP contribution < -0.4 is 5.32 Å². The smallest absolute Gasteiger partial charge is 0.253 e. The Morgan fingerprint density at radius 1 is 1.04 bits per heavy atom. The Hall–Kier alpha value is -2.82. The van der Waals surface area contributed by atoms with Gasteiger partial charge in [0, 0.05) is 37.0 Å². The van der Waals surface area contributed by atoms with Crippen LogP contribution in [0.1, 0.15) is 23.2 Å². The van der Waals surface area contributed by atoms with Crippen molar-refractivity contribution in [1.82, 2.24) is 10.2 Å². The van der Waals surface area contributed by atoms with Gasteiger partial charge in [0.05, 0.1) is 0 Å². The van der Waals surface area contributed by atoms with Gasteiger partial charge in [-0.2, -0.15) is 0 Å². The zero-order valence-corrected chi connectivity index (χ0v) is 13.8. The van der Waals surface area contributed by atoms with Gasteiger partial charge in [-0.3, -0.25) is 9.59 Å². The fourth-order valence-electron chi connectivity index (χ4n) is 3.76. The minimum atomic E-state index is 0.0232. The van der Waals surface area contributed by atoms with Crippen LogP contribution in [0.3, 0.4) is 0 Å². The summed E-state index contributed by atoms with van der Waals surface area (Å²) in [6.07, 6.45) is 1.35. The molecule has 2 heterocycles. The maximum Gasteiger partial charge on any atom is 0.253 e. The quantitative estimate of drug-likeness (QED) is 0.885. The number of phenols is 1. The number of benzene rings is 2. The number of fused-ring (bicyclic) bond motifs is 1. The first-order valence-electron chi connectivity index (χ1n) is 8.58. The molecule has 0 saturated carbocycles. The molecule has 0 bridgehead atoms. The number of piperidine rings is 1. The molecule has 0 aliphatic carbocycles. The summed E-state index contributed by atoms with van der Waals surface area (Å²) in [5.41, 5.74) is 2.66. The predicted octanol–water partition coefficient (Wildman–Crippen LogP) is 2.41. The fraction of sp³-hybridized carbons (Fsp3) is 0.300. The molecule has 2 saturated heterocycles. The summed E-state index contributed by atoms with van der Waals surface area (Å²) < 4.78 is 0. The Balaban J connectivity index is 1.47. The second kappa shape index (κ2) is 6.24. The third-order valence-electron chi connectivity index (χ3n) is 5.15. The number of nitrogens with one attached hydrogen (secondary N) is 1. The number of carbonyl (C=O) groups is 2. The average molecular weight is 336 g/mol. The van der Waals surface area contributed by atoms with E-state index in [1.54, 1.807) is 12.1 Å². The highest BCUT2D eigenvalue weighted by Gasteiger charge is 2.38. The number of aromatic hydroxyl groups is 1. The first-order valence-corrected chi connectivity index (χ1v) is 8.58. The van der Waals surface area contributed by atoms with Crippen LogP contribution in [0.2, 0.25) is 0 Å². The number of phenolic OH excluding ortho intramolecular Hbond substituents is 1. The van der Waals surface area contributed by atoms with E-state index in [0.717, 1.165) is 17.5 Å². The molecule has 2 atom stereocenters. The third kappa shape index (κ3) is 3.09. The van der Waals surface area contributed by atoms with E-state index in [4.69, 9.17) is 0 Å². The summed E-state index contributed by atoms with van der Waals surface area (Å²) in [6.45, 7) is 1.32. The number of carbonyl (C=O) groups excluding carboxylic acids is 2. The summed E-state index contributed by atoms with van der Waals surface area (Å²) >= 11 is 0. The van der Waals surface area contributed by atoms with Gasteiger partial charge in [-0.15, -0.1) is 0 Å². The van der Waals surface area contributed by atoms with E-state index in [1.165, 1.54) is 0 Å². The molecular weight excluding hydrogens is 316 g/mol. The van der Waals surface area contributed by atoms with Crippen molar-refractivity contribution >= 4 is 11.8 Å². The maximum atomic E-state index is 12.7. The second-order valence-electron chi connectivity index (χ2n) is 6.80. The van der Waals surface area contributed by atoms with Crippen molar-refractivity contribution in [2.24, 2.45) is 5.92 Å². The highest BCUT2D eigenvalue weighted by atomic mass is 16.3. The largest absolute Gasteiger partial charge is 0.508 e. The van der Waals surface area contributed by atoms with Crippen LogP contribution in [0.4, 0.5) is 0 Å². The van der Waals surface area contributed by atoms with Crippen LogP contribution in [0.25, 0.3) is 11.1 Å². The van der Waals surface area contributed by atoms with E-state index in [2.05, 4.69) is 5.32 Å². The van der Waals surface area contributed by atoms with Crippen LogP contribution in [0.15, 0.2) is 48.5 Å².